The van der Waals surface area contributed by atoms with E-state index in [1.54, 1.807) is 18.2 Å². The third kappa shape index (κ3) is 1.84. The highest BCUT2D eigenvalue weighted by Crippen LogP contribution is 2.28. The number of urea groups is 1. The fourth-order valence-corrected chi connectivity index (χ4v) is 1.59. The summed E-state index contributed by atoms with van der Waals surface area (Å²) in [5.74, 6) is 0.311. The number of para-hydroxylation sites is 2. The number of hydrogen-bond donors (Lipinski definition) is 1. The lowest BCUT2D eigenvalue weighted by Gasteiger charge is -2.17. The quantitative estimate of drug-likeness (QED) is 0.777. The van der Waals surface area contributed by atoms with Crippen molar-refractivity contribution in [2.24, 2.45) is 0 Å². The van der Waals surface area contributed by atoms with Crippen LogP contribution < -0.4 is 15.0 Å². The molecule has 84 valence electrons. The maximum absolute atomic E-state index is 11.5. The van der Waals surface area contributed by atoms with Crippen LogP contribution in [-0.2, 0) is 4.79 Å². The zero-order chi connectivity index (χ0) is 11.5. The number of nitrogens with zero attached hydrogens (tertiary/aromatic N) is 1. The van der Waals surface area contributed by atoms with Crippen LogP contribution in [-0.4, -0.2) is 25.1 Å². The van der Waals surface area contributed by atoms with E-state index in [1.807, 2.05) is 13.0 Å². The van der Waals surface area contributed by atoms with Gasteiger partial charge < -0.3 is 4.74 Å². The molecule has 1 aromatic carbocycles. The van der Waals surface area contributed by atoms with Gasteiger partial charge in [-0.15, -0.1) is 0 Å². The van der Waals surface area contributed by atoms with Gasteiger partial charge in [0, 0.05) is 0 Å². The SMILES string of the molecule is CCOc1ccccc1N1CC(=O)NC1=O. The smallest absolute Gasteiger partial charge is 0.329 e. The lowest BCUT2D eigenvalue weighted by molar-refractivity contribution is -0.117. The molecule has 16 heavy (non-hydrogen) atoms. The molecule has 5 nitrogen and oxygen atoms in total. The van der Waals surface area contributed by atoms with E-state index in [9.17, 15) is 9.59 Å². The zero-order valence-electron chi connectivity index (χ0n) is 8.90. The summed E-state index contributed by atoms with van der Waals surface area (Å²) in [5, 5.41) is 2.23. The van der Waals surface area contributed by atoms with Gasteiger partial charge in [0.25, 0.3) is 0 Å². The van der Waals surface area contributed by atoms with Crippen molar-refractivity contribution in [1.82, 2.24) is 5.32 Å². The average molecular weight is 220 g/mol. The van der Waals surface area contributed by atoms with Gasteiger partial charge in [0.1, 0.15) is 12.3 Å². The van der Waals surface area contributed by atoms with Crippen LogP contribution >= 0.6 is 0 Å². The summed E-state index contributed by atoms with van der Waals surface area (Å²) in [6.07, 6.45) is 0. The molecule has 5 heteroatoms. The molecule has 0 saturated carbocycles. The minimum atomic E-state index is -0.405. The summed E-state index contributed by atoms with van der Waals surface area (Å²) < 4.78 is 5.40. The van der Waals surface area contributed by atoms with Crippen LogP contribution in [0.1, 0.15) is 6.92 Å². The summed E-state index contributed by atoms with van der Waals surface area (Å²) >= 11 is 0. The fraction of sp³-hybridized carbons (Fsp3) is 0.273. The van der Waals surface area contributed by atoms with Crippen LogP contribution in [0, 0.1) is 0 Å². The van der Waals surface area contributed by atoms with Crippen LogP contribution in [0.2, 0.25) is 0 Å². The van der Waals surface area contributed by atoms with E-state index in [4.69, 9.17) is 4.74 Å². The summed E-state index contributed by atoms with van der Waals surface area (Å²) in [5.41, 5.74) is 0.618. The summed E-state index contributed by atoms with van der Waals surface area (Å²) in [7, 11) is 0. The first kappa shape index (κ1) is 10.5. The van der Waals surface area contributed by atoms with Crippen molar-refractivity contribution in [3.63, 3.8) is 0 Å². The molecule has 0 aliphatic carbocycles. The predicted octanol–water partition coefficient (Wildman–Crippen LogP) is 1.14. The largest absolute Gasteiger partial charge is 0.492 e. The molecule has 1 fully saturated rings. The fourth-order valence-electron chi connectivity index (χ4n) is 1.59. The number of benzene rings is 1. The van der Waals surface area contributed by atoms with Gasteiger partial charge in [-0.2, -0.15) is 0 Å². The van der Waals surface area contributed by atoms with Crippen LogP contribution in [0.5, 0.6) is 5.75 Å². The van der Waals surface area contributed by atoms with Crippen molar-refractivity contribution in [2.75, 3.05) is 18.1 Å². The van der Waals surface area contributed by atoms with Crippen LogP contribution in [0.15, 0.2) is 24.3 Å². The van der Waals surface area contributed by atoms with E-state index >= 15 is 0 Å². The van der Waals surface area contributed by atoms with Gasteiger partial charge >= 0.3 is 6.03 Å². The van der Waals surface area contributed by atoms with Gasteiger partial charge in [-0.3, -0.25) is 15.0 Å². The van der Waals surface area contributed by atoms with Crippen molar-refractivity contribution < 1.29 is 14.3 Å². The number of nitrogens with one attached hydrogen (secondary N) is 1. The molecule has 0 radical (unpaired) electrons. The first-order chi connectivity index (χ1) is 7.72. The van der Waals surface area contributed by atoms with Crippen molar-refractivity contribution in [3.8, 4) is 5.75 Å². The van der Waals surface area contributed by atoms with Gasteiger partial charge in [0.2, 0.25) is 5.91 Å². The highest BCUT2D eigenvalue weighted by atomic mass is 16.5. The topological polar surface area (TPSA) is 58.6 Å². The van der Waals surface area contributed by atoms with Gasteiger partial charge in [0.15, 0.2) is 0 Å². The van der Waals surface area contributed by atoms with Gasteiger partial charge in [-0.25, -0.2) is 4.79 Å². The minimum Gasteiger partial charge on any atom is -0.492 e. The molecule has 3 amide bonds. The Hall–Kier alpha value is -2.04. The van der Waals surface area contributed by atoms with Crippen LogP contribution in [0.4, 0.5) is 10.5 Å². The number of carbonyl (C=O) groups is 2. The molecule has 1 N–H and O–H groups in total. The second-order valence-electron chi connectivity index (χ2n) is 3.34. The zero-order valence-corrected chi connectivity index (χ0v) is 8.90. The van der Waals surface area contributed by atoms with Crippen molar-refractivity contribution >= 4 is 17.6 Å². The Labute approximate surface area is 93.0 Å². The average Bonchev–Trinajstić information content (AvgIpc) is 2.59. The third-order valence-corrected chi connectivity index (χ3v) is 2.25. The van der Waals surface area contributed by atoms with Crippen LogP contribution in [0.25, 0.3) is 0 Å². The Morgan fingerprint density at radius 3 is 2.75 bits per heavy atom. The summed E-state index contributed by atoms with van der Waals surface area (Å²) in [6, 6.07) is 6.74. The molecular formula is C11H12N2O3. The number of rotatable bonds is 3. The second-order valence-corrected chi connectivity index (χ2v) is 3.34. The predicted molar refractivity (Wildman–Crippen MR) is 58.5 cm³/mol. The Morgan fingerprint density at radius 1 is 1.38 bits per heavy atom. The van der Waals surface area contributed by atoms with E-state index in [2.05, 4.69) is 5.32 Å². The molecule has 0 spiro atoms. The number of ether oxygens (including phenoxy) is 1. The maximum atomic E-state index is 11.5. The van der Waals surface area contributed by atoms with E-state index in [-0.39, 0.29) is 12.5 Å². The molecule has 1 aliphatic rings. The lowest BCUT2D eigenvalue weighted by Crippen LogP contribution is -2.28. The Balaban J connectivity index is 2.32. The first-order valence-electron chi connectivity index (χ1n) is 5.05. The van der Waals surface area contributed by atoms with Gasteiger partial charge in [-0.05, 0) is 19.1 Å². The van der Waals surface area contributed by atoms with Crippen molar-refractivity contribution in [3.05, 3.63) is 24.3 Å². The van der Waals surface area contributed by atoms with Gasteiger partial charge in [0.05, 0.1) is 12.3 Å². The molecular weight excluding hydrogens is 208 g/mol. The monoisotopic (exact) mass is 220 g/mol. The number of hydrogen-bond acceptors (Lipinski definition) is 3. The highest BCUT2D eigenvalue weighted by molar-refractivity contribution is 6.12. The molecule has 0 unspecified atom stereocenters. The normalized spacial score (nSPS) is 15.2. The molecule has 0 aromatic heterocycles. The Kier molecular flexibility index (Phi) is 2.76. The Morgan fingerprint density at radius 2 is 2.12 bits per heavy atom. The van der Waals surface area contributed by atoms with Crippen molar-refractivity contribution in [1.29, 1.82) is 0 Å². The number of amides is 3. The van der Waals surface area contributed by atoms with E-state index in [0.717, 1.165) is 0 Å². The minimum absolute atomic E-state index is 0.0446. The van der Waals surface area contributed by atoms with Crippen LogP contribution in [0.3, 0.4) is 0 Å². The van der Waals surface area contributed by atoms with Gasteiger partial charge in [-0.1, -0.05) is 12.1 Å². The molecule has 1 saturated heterocycles. The lowest BCUT2D eigenvalue weighted by atomic mass is 10.2. The summed E-state index contributed by atoms with van der Waals surface area (Å²) in [4.78, 5) is 23.9. The molecule has 0 bridgehead atoms. The van der Waals surface area contributed by atoms with Crippen molar-refractivity contribution in [2.45, 2.75) is 6.92 Å². The number of anilines is 1. The molecule has 0 atom stereocenters. The van der Waals surface area contributed by atoms with E-state index < -0.39 is 6.03 Å². The highest BCUT2D eigenvalue weighted by Gasteiger charge is 2.29. The van der Waals surface area contributed by atoms with E-state index in [0.29, 0.717) is 18.0 Å². The number of imide groups is 1. The third-order valence-electron chi connectivity index (χ3n) is 2.25. The first-order valence-corrected chi connectivity index (χ1v) is 5.05. The molecule has 1 aromatic rings. The maximum Gasteiger partial charge on any atom is 0.329 e. The molecule has 1 heterocycles. The molecule has 2 rings (SSSR count). The second kappa shape index (κ2) is 4.22. The van der Waals surface area contributed by atoms with E-state index in [1.165, 1.54) is 4.90 Å². The standard InChI is InChI=1S/C11H12N2O3/c1-2-16-9-6-4-3-5-8(9)13-7-10(14)12-11(13)15/h3-6H,2,7H2,1H3,(H,12,14,15). The molecule has 1 aliphatic heterocycles. The number of carbonyl (C=O) groups excluding carboxylic acids is 2. The Bertz CT molecular complexity index is 431. The summed E-state index contributed by atoms with van der Waals surface area (Å²) in [6.45, 7) is 2.43.